The van der Waals surface area contributed by atoms with Gasteiger partial charge >= 0.3 is 0 Å². The summed E-state index contributed by atoms with van der Waals surface area (Å²) in [6, 6.07) is 6.71. The highest BCUT2D eigenvalue weighted by atomic mass is 32.2. The monoisotopic (exact) mass is 307 g/mol. The van der Waals surface area contributed by atoms with E-state index in [0.29, 0.717) is 36.7 Å². The van der Waals surface area contributed by atoms with E-state index in [2.05, 4.69) is 6.92 Å². The van der Waals surface area contributed by atoms with E-state index in [-0.39, 0.29) is 10.8 Å². The van der Waals surface area contributed by atoms with Gasteiger partial charge in [-0.2, -0.15) is 9.57 Å². The number of nitriles is 1. The van der Waals surface area contributed by atoms with Crippen LogP contribution in [0.1, 0.15) is 24.5 Å². The van der Waals surface area contributed by atoms with Crippen molar-refractivity contribution in [3.63, 3.8) is 0 Å². The van der Waals surface area contributed by atoms with Gasteiger partial charge in [0, 0.05) is 13.1 Å². The molecule has 114 valence electrons. The molecule has 5 nitrogen and oxygen atoms in total. The molecule has 1 aromatic carbocycles. The maximum atomic E-state index is 12.8. The minimum Gasteiger partial charge on any atom is -0.330 e. The third-order valence-electron chi connectivity index (χ3n) is 4.30. The fraction of sp³-hybridized carbons (Fsp3) is 0.533. The van der Waals surface area contributed by atoms with Crippen LogP contribution in [0.3, 0.4) is 0 Å². The molecule has 1 fully saturated rings. The van der Waals surface area contributed by atoms with Crippen LogP contribution >= 0.6 is 0 Å². The molecule has 0 bridgehead atoms. The molecule has 1 heterocycles. The molecule has 0 radical (unpaired) electrons. The van der Waals surface area contributed by atoms with Crippen LogP contribution in [0.5, 0.6) is 0 Å². The molecule has 0 aromatic heterocycles. The van der Waals surface area contributed by atoms with Crippen molar-refractivity contribution < 1.29 is 8.42 Å². The normalized spacial score (nSPS) is 23.7. The van der Waals surface area contributed by atoms with Crippen LogP contribution in [0, 0.1) is 30.1 Å². The molecule has 1 aromatic rings. The summed E-state index contributed by atoms with van der Waals surface area (Å²) in [4.78, 5) is 0.284. The first-order valence-corrected chi connectivity index (χ1v) is 8.55. The Morgan fingerprint density at radius 2 is 2.19 bits per heavy atom. The van der Waals surface area contributed by atoms with E-state index in [4.69, 9.17) is 11.0 Å². The Kier molecular flexibility index (Phi) is 4.67. The molecule has 0 aliphatic carbocycles. The number of rotatable bonds is 3. The van der Waals surface area contributed by atoms with E-state index in [0.717, 1.165) is 6.42 Å². The molecule has 1 aliphatic rings. The average molecular weight is 307 g/mol. The van der Waals surface area contributed by atoms with E-state index in [9.17, 15) is 8.42 Å². The van der Waals surface area contributed by atoms with Gasteiger partial charge in [0.15, 0.2) is 0 Å². The SMILES string of the molecule is Cc1cc(C#N)ccc1S(=O)(=O)N1CCC(C)C(CN)C1. The summed E-state index contributed by atoms with van der Waals surface area (Å²) in [7, 11) is -3.52. The van der Waals surface area contributed by atoms with Gasteiger partial charge in [-0.3, -0.25) is 0 Å². The van der Waals surface area contributed by atoms with Crippen LogP contribution in [0.4, 0.5) is 0 Å². The van der Waals surface area contributed by atoms with Crippen molar-refractivity contribution in [3.05, 3.63) is 29.3 Å². The Bertz CT molecular complexity index is 664. The molecular formula is C15H21N3O2S. The number of hydrogen-bond acceptors (Lipinski definition) is 4. The van der Waals surface area contributed by atoms with Crippen LogP contribution in [0.2, 0.25) is 0 Å². The molecular weight excluding hydrogens is 286 g/mol. The van der Waals surface area contributed by atoms with Crippen LogP contribution in [0.25, 0.3) is 0 Å². The first kappa shape index (κ1) is 16.0. The lowest BCUT2D eigenvalue weighted by atomic mass is 9.88. The second kappa shape index (κ2) is 6.14. The first-order valence-electron chi connectivity index (χ1n) is 7.11. The highest BCUT2D eigenvalue weighted by Gasteiger charge is 2.33. The van der Waals surface area contributed by atoms with Crippen molar-refractivity contribution in [2.24, 2.45) is 17.6 Å². The van der Waals surface area contributed by atoms with Gasteiger partial charge in [0.25, 0.3) is 0 Å². The van der Waals surface area contributed by atoms with Gasteiger partial charge in [-0.25, -0.2) is 8.42 Å². The molecule has 0 saturated carbocycles. The van der Waals surface area contributed by atoms with Crippen molar-refractivity contribution in [2.45, 2.75) is 25.2 Å². The summed E-state index contributed by atoms with van der Waals surface area (Å²) in [6.45, 7) is 5.34. The summed E-state index contributed by atoms with van der Waals surface area (Å²) in [5.74, 6) is 0.649. The van der Waals surface area contributed by atoms with Gasteiger partial charge < -0.3 is 5.73 Å². The van der Waals surface area contributed by atoms with E-state index in [1.165, 1.54) is 10.4 Å². The van der Waals surface area contributed by atoms with Gasteiger partial charge in [0.1, 0.15) is 0 Å². The Labute approximate surface area is 126 Å². The Balaban J connectivity index is 2.32. The maximum Gasteiger partial charge on any atom is 0.243 e. The third kappa shape index (κ3) is 3.10. The quantitative estimate of drug-likeness (QED) is 0.916. The largest absolute Gasteiger partial charge is 0.330 e. The number of benzene rings is 1. The van der Waals surface area contributed by atoms with Gasteiger partial charge in [-0.15, -0.1) is 0 Å². The van der Waals surface area contributed by atoms with Gasteiger partial charge in [0.05, 0.1) is 16.5 Å². The fourth-order valence-electron chi connectivity index (χ4n) is 2.79. The van der Waals surface area contributed by atoms with E-state index in [1.807, 2.05) is 6.07 Å². The summed E-state index contributed by atoms with van der Waals surface area (Å²) in [6.07, 6.45) is 0.830. The van der Waals surface area contributed by atoms with Crippen molar-refractivity contribution in [1.82, 2.24) is 4.31 Å². The lowest BCUT2D eigenvalue weighted by Crippen LogP contribution is -2.45. The Hall–Kier alpha value is -1.42. The first-order chi connectivity index (χ1) is 9.90. The molecule has 0 amide bonds. The zero-order valence-corrected chi connectivity index (χ0v) is 13.2. The number of nitrogens with zero attached hydrogens (tertiary/aromatic N) is 2. The zero-order chi connectivity index (χ0) is 15.6. The number of sulfonamides is 1. The lowest BCUT2D eigenvalue weighted by molar-refractivity contribution is 0.203. The second-order valence-electron chi connectivity index (χ2n) is 5.72. The smallest absolute Gasteiger partial charge is 0.243 e. The van der Waals surface area contributed by atoms with Gasteiger partial charge in [-0.1, -0.05) is 6.92 Å². The lowest BCUT2D eigenvalue weighted by Gasteiger charge is -2.35. The standard InChI is InChI=1S/C15H21N3O2S/c1-11-5-6-18(10-14(11)9-17)21(19,20)15-4-3-13(8-16)7-12(15)2/h3-4,7,11,14H,5-6,9-10,17H2,1-2H3. The van der Waals surface area contributed by atoms with Crippen molar-refractivity contribution in [2.75, 3.05) is 19.6 Å². The van der Waals surface area contributed by atoms with E-state index >= 15 is 0 Å². The predicted octanol–water partition coefficient (Wildman–Crippen LogP) is 1.47. The highest BCUT2D eigenvalue weighted by molar-refractivity contribution is 7.89. The van der Waals surface area contributed by atoms with Gasteiger partial charge in [0.2, 0.25) is 10.0 Å². The van der Waals surface area contributed by atoms with Gasteiger partial charge in [-0.05, 0) is 55.5 Å². The minimum absolute atomic E-state index is 0.201. The topological polar surface area (TPSA) is 87.2 Å². The van der Waals surface area contributed by atoms with Crippen LogP contribution in [-0.2, 0) is 10.0 Å². The molecule has 2 atom stereocenters. The van der Waals surface area contributed by atoms with Crippen molar-refractivity contribution >= 4 is 10.0 Å². The molecule has 2 N–H and O–H groups in total. The molecule has 2 unspecified atom stereocenters. The van der Waals surface area contributed by atoms with Crippen LogP contribution < -0.4 is 5.73 Å². The molecule has 1 saturated heterocycles. The average Bonchev–Trinajstić information content (AvgIpc) is 2.47. The fourth-order valence-corrected chi connectivity index (χ4v) is 4.51. The van der Waals surface area contributed by atoms with Crippen molar-refractivity contribution in [1.29, 1.82) is 5.26 Å². The van der Waals surface area contributed by atoms with Crippen LogP contribution in [0.15, 0.2) is 23.1 Å². The summed E-state index contributed by atoms with van der Waals surface area (Å²) in [5.41, 5.74) is 6.83. The molecule has 1 aliphatic heterocycles. The number of nitrogens with two attached hydrogens (primary N) is 1. The second-order valence-corrected chi connectivity index (χ2v) is 7.62. The number of hydrogen-bond donors (Lipinski definition) is 1. The molecule has 0 spiro atoms. The molecule has 2 rings (SSSR count). The highest BCUT2D eigenvalue weighted by Crippen LogP contribution is 2.28. The maximum absolute atomic E-state index is 12.8. The number of piperidine rings is 1. The number of aryl methyl sites for hydroxylation is 1. The van der Waals surface area contributed by atoms with E-state index < -0.39 is 10.0 Å². The zero-order valence-electron chi connectivity index (χ0n) is 12.4. The van der Waals surface area contributed by atoms with Crippen LogP contribution in [-0.4, -0.2) is 32.4 Å². The summed E-state index contributed by atoms with van der Waals surface area (Å²) in [5, 5.41) is 8.88. The minimum atomic E-state index is -3.52. The molecule has 6 heteroatoms. The predicted molar refractivity (Wildman–Crippen MR) is 81.0 cm³/mol. The van der Waals surface area contributed by atoms with E-state index in [1.54, 1.807) is 19.1 Å². The Morgan fingerprint density at radius 3 is 2.76 bits per heavy atom. The summed E-state index contributed by atoms with van der Waals surface area (Å²) >= 11 is 0. The molecule has 21 heavy (non-hydrogen) atoms. The third-order valence-corrected chi connectivity index (χ3v) is 6.33. The summed E-state index contributed by atoms with van der Waals surface area (Å²) < 4.78 is 27.1. The van der Waals surface area contributed by atoms with Crippen molar-refractivity contribution in [3.8, 4) is 6.07 Å². The Morgan fingerprint density at radius 1 is 1.48 bits per heavy atom.